The van der Waals surface area contributed by atoms with Crippen molar-refractivity contribution in [3.05, 3.63) is 19.8 Å². The van der Waals surface area contributed by atoms with Crippen molar-refractivity contribution >= 4 is 26.4 Å². The molecule has 11 heavy (non-hydrogen) atoms. The molecule has 2 nitrogen and oxygen atoms in total. The Morgan fingerprint density at radius 2 is 2.55 bits per heavy atom. The fourth-order valence-corrected chi connectivity index (χ4v) is 3.56. The van der Waals surface area contributed by atoms with Crippen LogP contribution in [0.1, 0.15) is 22.8 Å². The molecule has 0 aliphatic rings. The first-order valence-electron chi connectivity index (χ1n) is 3.52. The number of hydrogen-bond acceptors (Lipinski definition) is 1. The molecule has 0 saturated carbocycles. The van der Waals surface area contributed by atoms with E-state index in [9.17, 15) is 4.79 Å². The van der Waals surface area contributed by atoms with Crippen LogP contribution in [0, 0.1) is 0 Å². The number of carboxylic acids is 1. The van der Waals surface area contributed by atoms with Crippen molar-refractivity contribution in [2.75, 3.05) is 0 Å². The quantitative estimate of drug-likeness (QED) is 0.837. The summed E-state index contributed by atoms with van der Waals surface area (Å²) in [6.45, 7) is 1.92. The van der Waals surface area contributed by atoms with Crippen molar-refractivity contribution in [1.29, 1.82) is 0 Å². The van der Waals surface area contributed by atoms with E-state index in [4.69, 9.17) is 5.11 Å². The molecule has 1 aromatic rings. The van der Waals surface area contributed by atoms with Gasteiger partial charge in [0.25, 0.3) is 0 Å². The Kier molecular flexibility index (Phi) is 3.16. The second kappa shape index (κ2) is 3.94. The summed E-state index contributed by atoms with van der Waals surface area (Å²) in [5.74, 6) is -0.889. The first-order chi connectivity index (χ1) is 5.25. The molecular formula is C8H10O2Te. The van der Waals surface area contributed by atoms with Crippen LogP contribution in [0.4, 0.5) is 0 Å². The van der Waals surface area contributed by atoms with Crippen LogP contribution >= 0.6 is 0 Å². The molecule has 0 aliphatic heterocycles. The Morgan fingerprint density at radius 1 is 1.82 bits per heavy atom. The van der Waals surface area contributed by atoms with E-state index < -0.39 is 5.97 Å². The minimum absolute atomic E-state index is 0.215. The number of carbonyl (C=O) groups is 1. The summed E-state index contributed by atoms with van der Waals surface area (Å²) in [6.07, 6.45) is 0.716. The fourth-order valence-electron chi connectivity index (χ4n) is 0.987. The van der Waals surface area contributed by atoms with Gasteiger partial charge >= 0.3 is 75.4 Å². The van der Waals surface area contributed by atoms with E-state index in [0.717, 1.165) is 3.58 Å². The molecule has 3 heteroatoms. The molecule has 0 radical (unpaired) electrons. The third kappa shape index (κ3) is 2.08. The van der Waals surface area contributed by atoms with Crippen molar-refractivity contribution < 1.29 is 9.90 Å². The van der Waals surface area contributed by atoms with E-state index >= 15 is 0 Å². The monoisotopic (exact) mass is 268 g/mol. The molecule has 60 valence electrons. The van der Waals surface area contributed by atoms with Crippen LogP contribution in [-0.4, -0.2) is 31.5 Å². The number of hydrogen-bond donors (Lipinski definition) is 1. The first kappa shape index (κ1) is 8.83. The Bertz CT molecular complexity index is 228. The average molecular weight is 266 g/mol. The second-order valence-electron chi connectivity index (χ2n) is 2.31. The third-order valence-corrected chi connectivity index (χ3v) is 4.41. The fraction of sp³-hybridized carbons (Fsp3) is 0.375. The second-order valence-corrected chi connectivity index (χ2v) is 5.11. The summed E-state index contributed by atoms with van der Waals surface area (Å²) >= 11 is -0.270. The molecule has 0 amide bonds. The topological polar surface area (TPSA) is 37.3 Å². The van der Waals surface area contributed by atoms with E-state index in [2.05, 4.69) is 4.08 Å². The van der Waals surface area contributed by atoms with E-state index in [1.807, 2.05) is 19.1 Å². The zero-order valence-corrected chi connectivity index (χ0v) is 8.61. The predicted octanol–water partition coefficient (Wildman–Crippen LogP) is 1.32. The van der Waals surface area contributed by atoms with E-state index in [1.54, 1.807) is 0 Å². The van der Waals surface area contributed by atoms with E-state index in [1.165, 1.54) is 0 Å². The van der Waals surface area contributed by atoms with Crippen molar-refractivity contribution in [3.8, 4) is 0 Å². The standard InChI is InChI=1S/C8H10O2Te/c1-2-6(8(9)10)7-4-3-5-11-7/h3-6H,2H2,1H3,(H,9,10). The van der Waals surface area contributed by atoms with Gasteiger partial charge in [0.15, 0.2) is 0 Å². The maximum absolute atomic E-state index is 10.7. The number of carboxylic acid groups (broad SMARTS) is 1. The maximum atomic E-state index is 10.7. The summed E-state index contributed by atoms with van der Waals surface area (Å²) in [4.78, 5) is 10.7. The third-order valence-electron chi connectivity index (χ3n) is 1.59. The summed E-state index contributed by atoms with van der Waals surface area (Å²) in [5.41, 5.74) is 0. The normalized spacial score (nSPS) is 12.8. The molecule has 1 rings (SSSR count). The van der Waals surface area contributed by atoms with Crippen LogP contribution in [0.2, 0.25) is 0 Å². The molecule has 0 saturated heterocycles. The van der Waals surface area contributed by atoms with Gasteiger partial charge in [-0.1, -0.05) is 0 Å². The molecule has 1 N–H and O–H groups in total. The molecule has 1 unspecified atom stereocenters. The summed E-state index contributed by atoms with van der Waals surface area (Å²) in [5, 5.41) is 8.79. The minimum atomic E-state index is -0.674. The Balaban J connectivity index is 2.79. The Morgan fingerprint density at radius 3 is 2.91 bits per heavy atom. The van der Waals surface area contributed by atoms with Gasteiger partial charge in [-0.2, -0.15) is 0 Å². The zero-order chi connectivity index (χ0) is 8.27. The van der Waals surface area contributed by atoms with Crippen LogP contribution in [0.3, 0.4) is 0 Å². The Labute approximate surface area is 75.5 Å². The summed E-state index contributed by atoms with van der Waals surface area (Å²) in [6, 6.07) is 3.94. The van der Waals surface area contributed by atoms with Gasteiger partial charge < -0.3 is 0 Å². The number of rotatable bonds is 3. The van der Waals surface area contributed by atoms with Crippen molar-refractivity contribution in [3.63, 3.8) is 0 Å². The summed E-state index contributed by atoms with van der Waals surface area (Å²) in [7, 11) is 0. The van der Waals surface area contributed by atoms with Gasteiger partial charge in [0, 0.05) is 0 Å². The van der Waals surface area contributed by atoms with Gasteiger partial charge in [-0.05, 0) is 0 Å². The van der Waals surface area contributed by atoms with Crippen LogP contribution in [-0.2, 0) is 4.79 Å². The Hall–Kier alpha value is -0.260. The zero-order valence-electron chi connectivity index (χ0n) is 6.28. The van der Waals surface area contributed by atoms with Gasteiger partial charge in [0.1, 0.15) is 0 Å². The number of aliphatic carboxylic acids is 1. The molecule has 1 aromatic heterocycles. The molecule has 0 fully saturated rings. The van der Waals surface area contributed by atoms with Crippen molar-refractivity contribution in [2.24, 2.45) is 0 Å². The van der Waals surface area contributed by atoms with Gasteiger partial charge in [-0.15, -0.1) is 0 Å². The SMILES string of the molecule is CCC(C(=O)O)c1ccc[te]1. The first-order valence-corrected chi connectivity index (χ1v) is 6.03. The molecule has 0 spiro atoms. The van der Waals surface area contributed by atoms with Crippen LogP contribution < -0.4 is 0 Å². The average Bonchev–Trinajstić information content (AvgIpc) is 2.40. The predicted molar refractivity (Wildman–Crippen MR) is 44.0 cm³/mol. The van der Waals surface area contributed by atoms with Crippen LogP contribution in [0.15, 0.2) is 16.2 Å². The van der Waals surface area contributed by atoms with Gasteiger partial charge in [-0.3, -0.25) is 0 Å². The van der Waals surface area contributed by atoms with E-state index in [0.29, 0.717) is 6.42 Å². The molecule has 0 aromatic carbocycles. The molecule has 1 heterocycles. The van der Waals surface area contributed by atoms with Crippen LogP contribution in [0.5, 0.6) is 0 Å². The molecular weight excluding hydrogens is 256 g/mol. The molecule has 1 atom stereocenters. The van der Waals surface area contributed by atoms with E-state index in [-0.39, 0.29) is 26.3 Å². The van der Waals surface area contributed by atoms with Crippen LogP contribution in [0.25, 0.3) is 0 Å². The molecule has 0 aliphatic carbocycles. The van der Waals surface area contributed by atoms with Crippen molar-refractivity contribution in [2.45, 2.75) is 19.3 Å². The van der Waals surface area contributed by atoms with Gasteiger partial charge in [0.2, 0.25) is 0 Å². The van der Waals surface area contributed by atoms with Gasteiger partial charge in [-0.25, -0.2) is 0 Å². The summed E-state index contributed by atoms with van der Waals surface area (Å²) < 4.78 is 3.27. The molecule has 0 bridgehead atoms. The van der Waals surface area contributed by atoms with Crippen molar-refractivity contribution in [1.82, 2.24) is 0 Å². The van der Waals surface area contributed by atoms with Gasteiger partial charge in [0.05, 0.1) is 0 Å².